The number of methoxy groups -OCH3 is 1. The quantitative estimate of drug-likeness (QED) is 0.0163. The summed E-state index contributed by atoms with van der Waals surface area (Å²) in [4.78, 5) is 107. The zero-order chi connectivity index (χ0) is 84.6. The fraction of sp³-hybridized carbons (Fsp3) is 0.444. The molecule has 27 heteroatoms. The molecule has 0 aliphatic carbocycles. The number of carbonyl (C=O) groups is 5. The molecule has 0 bridgehead atoms. The third kappa shape index (κ3) is 21.6. The highest BCUT2D eigenvalue weighted by atomic mass is 28.4. The van der Waals surface area contributed by atoms with Gasteiger partial charge in [-0.1, -0.05) is 168 Å². The van der Waals surface area contributed by atoms with Crippen molar-refractivity contribution in [1.82, 2.24) is 39.3 Å². The highest BCUT2D eigenvalue weighted by molar-refractivity contribution is 6.74. The van der Waals surface area contributed by atoms with Gasteiger partial charge in [0.25, 0.3) is 5.91 Å². The SMILES string of the molecule is COc1ccc(C(Nc2nc(=O)n(C3CC(OC(=O)c4ccc(C)cc4)C(COC(=O)c4ccc(C)cc4)O3)cc2CCCN(CCC(NC(=O)OC(C)(C)C)C(=O)OC(C)(C)C)C[C@H]2O[C@@H](n3cnc4c(NC(=O)c5ccccc5)ncnc43)[C@H](O[Si](C)(C)C(C)(C)C)[C@@H]2O[Si](C)(C)C(C)(C)C)(c2ccccc2)c2ccccc2)cc1. The molecule has 0 spiro atoms. The van der Waals surface area contributed by atoms with Gasteiger partial charge >= 0.3 is 29.7 Å². The van der Waals surface area contributed by atoms with Gasteiger partial charge in [0.15, 0.2) is 39.8 Å². The summed E-state index contributed by atoms with van der Waals surface area (Å²) in [6.45, 7) is 36.5. The van der Waals surface area contributed by atoms with E-state index in [9.17, 15) is 24.0 Å². The number of nitrogens with one attached hydrogen (secondary N) is 3. The third-order valence-corrected chi connectivity index (χ3v) is 31.1. The standard InChI is InChI=1S/C90H114N10O15Si2/c1-58-37-41-61(42-38-58)81(102)108-55-71-69(111-82(103)62-43-39-59(2)40-44-62)52-72(109-71)99-53-63(76(96-84(99)105)97-90(64-33-25-21-26-34-64,65-35-27-22-28-36-65)66-45-47-67(107-15)48-46-66)32-29-50-98(51-49-68(83(104)112-86(3,4)5)94-85(106)113-87(6,7)8)54-70-74(114-116(16,17)88(9,10)11)75(115-117(18,19)89(12,13)14)80(110-70)100-57-93-73-77(91-56-92-78(73)100)95-79(101)60-30-23-20-24-31-60/h20-28,30-31,33-48,53,56-57,68-72,74-75,80H,29,32,49-52,54-55H2,1-19H3,(H,94,106)(H,96,97,105)(H,91,92,95,101)/t68?,69?,70-,71?,72?,74-,75-,80-/m1/s1. The van der Waals surface area contributed by atoms with Crippen LogP contribution in [0.4, 0.5) is 16.4 Å². The van der Waals surface area contributed by atoms with Crippen LogP contribution in [0.2, 0.25) is 36.3 Å². The number of benzene rings is 6. The van der Waals surface area contributed by atoms with E-state index in [2.05, 4.69) is 93.6 Å². The normalized spacial score (nSPS) is 18.4. The van der Waals surface area contributed by atoms with Crippen molar-refractivity contribution in [3.63, 3.8) is 0 Å². The predicted octanol–water partition coefficient (Wildman–Crippen LogP) is 16.3. The van der Waals surface area contributed by atoms with Gasteiger partial charge in [0.05, 0.1) is 24.6 Å². The van der Waals surface area contributed by atoms with Crippen molar-refractivity contribution in [2.45, 2.75) is 225 Å². The molecule has 5 heterocycles. The highest BCUT2D eigenvalue weighted by Gasteiger charge is 2.55. The van der Waals surface area contributed by atoms with Gasteiger partial charge in [-0.2, -0.15) is 4.98 Å². The first kappa shape index (κ1) is 87.6. The van der Waals surface area contributed by atoms with Gasteiger partial charge in [-0.15, -0.1) is 0 Å². The van der Waals surface area contributed by atoms with Gasteiger partial charge in [-0.25, -0.2) is 38.9 Å². The van der Waals surface area contributed by atoms with Crippen LogP contribution in [0.25, 0.3) is 11.2 Å². The Hall–Kier alpha value is -10.3. The summed E-state index contributed by atoms with van der Waals surface area (Å²) in [6, 6.07) is 49.1. The molecule has 25 nitrogen and oxygen atoms in total. The molecule has 0 radical (unpaired) electrons. The molecule has 2 fully saturated rings. The number of ether oxygens (including phenoxy) is 7. The zero-order valence-corrected chi connectivity index (χ0v) is 72.9. The molecule has 8 atom stereocenters. The molecule has 9 aromatic rings. The maximum absolute atomic E-state index is 15.6. The highest BCUT2D eigenvalue weighted by Crippen LogP contribution is 2.48. The lowest BCUT2D eigenvalue weighted by Gasteiger charge is -2.44. The zero-order valence-electron chi connectivity index (χ0n) is 70.9. The van der Waals surface area contributed by atoms with E-state index < -0.39 is 112 Å². The average molecular weight is 1630 g/mol. The summed E-state index contributed by atoms with van der Waals surface area (Å²) in [6.07, 6.45) is -2.01. The molecular weight excluding hydrogens is 1520 g/mol. The number of anilines is 2. The fourth-order valence-corrected chi connectivity index (χ4v) is 16.4. The largest absolute Gasteiger partial charge is 0.497 e. The Morgan fingerprint density at radius 2 is 1.16 bits per heavy atom. The first-order chi connectivity index (χ1) is 55.2. The first-order valence-corrected chi connectivity index (χ1v) is 45.8. The lowest BCUT2D eigenvalue weighted by molar-refractivity contribution is -0.157. The smallest absolute Gasteiger partial charge is 0.408 e. The summed E-state index contributed by atoms with van der Waals surface area (Å²) in [5, 5.41) is 9.12. The van der Waals surface area contributed by atoms with Crippen molar-refractivity contribution in [1.29, 1.82) is 0 Å². The number of aryl methyl sites for hydroxylation is 3. The summed E-state index contributed by atoms with van der Waals surface area (Å²) < 4.78 is 63.0. The van der Waals surface area contributed by atoms with Crippen molar-refractivity contribution in [3.05, 3.63) is 243 Å². The minimum atomic E-state index is -2.81. The second kappa shape index (κ2) is 36.3. The minimum Gasteiger partial charge on any atom is -0.497 e. The van der Waals surface area contributed by atoms with Crippen LogP contribution in [0.3, 0.4) is 0 Å². The molecule has 2 saturated heterocycles. The average Bonchev–Trinajstić information content (AvgIpc) is 1.14. The van der Waals surface area contributed by atoms with Crippen molar-refractivity contribution in [2.24, 2.45) is 0 Å². The van der Waals surface area contributed by atoms with Crippen molar-refractivity contribution >= 4 is 69.3 Å². The third-order valence-electron chi connectivity index (χ3n) is 22.1. The first-order valence-electron chi connectivity index (χ1n) is 40.0. The number of imidazole rings is 1. The van der Waals surface area contributed by atoms with Crippen molar-refractivity contribution < 1.29 is 66.0 Å². The van der Waals surface area contributed by atoms with Crippen LogP contribution in [0, 0.1) is 13.8 Å². The molecule has 3 N–H and O–H groups in total. The van der Waals surface area contributed by atoms with E-state index in [-0.39, 0.29) is 73.1 Å². The molecule has 2 aliphatic heterocycles. The Labute approximate surface area is 688 Å². The second-order valence-corrected chi connectivity index (χ2v) is 44.8. The molecule has 0 saturated carbocycles. The Balaban J connectivity index is 1.04. The molecular formula is C90H114N10O15Si2. The van der Waals surface area contributed by atoms with Gasteiger partial charge in [0.1, 0.15) is 84.0 Å². The Morgan fingerprint density at radius 1 is 0.607 bits per heavy atom. The number of nitrogens with zero attached hydrogens (tertiary/aromatic N) is 7. The van der Waals surface area contributed by atoms with E-state index in [1.54, 1.807) is 110 Å². The van der Waals surface area contributed by atoms with E-state index >= 15 is 4.79 Å². The maximum atomic E-state index is 15.6. The molecule has 2 aliphatic rings. The van der Waals surface area contributed by atoms with Gasteiger partial charge in [-0.05, 0) is 183 Å². The summed E-state index contributed by atoms with van der Waals surface area (Å²) in [5.41, 5.74) is 2.78. The number of aromatic nitrogens is 6. The van der Waals surface area contributed by atoms with Crippen LogP contribution in [0.5, 0.6) is 5.75 Å². The van der Waals surface area contributed by atoms with Gasteiger partial charge in [0, 0.05) is 36.8 Å². The maximum Gasteiger partial charge on any atom is 0.408 e. The van der Waals surface area contributed by atoms with Crippen LogP contribution in [-0.2, 0) is 54.0 Å². The van der Waals surface area contributed by atoms with Crippen LogP contribution in [0.15, 0.2) is 187 Å². The summed E-state index contributed by atoms with van der Waals surface area (Å²) in [5.74, 6) is -1.26. The van der Waals surface area contributed by atoms with Crippen LogP contribution < -0.4 is 26.4 Å². The topological polar surface area (TPSA) is 286 Å². The lowest BCUT2D eigenvalue weighted by Crippen LogP contribution is -2.55. The molecule has 6 aromatic carbocycles. The van der Waals surface area contributed by atoms with E-state index in [0.29, 0.717) is 45.6 Å². The van der Waals surface area contributed by atoms with E-state index in [0.717, 1.165) is 27.8 Å². The molecule has 11 rings (SSSR count). The van der Waals surface area contributed by atoms with Gasteiger partial charge in [0.2, 0.25) is 0 Å². The monoisotopic (exact) mass is 1630 g/mol. The Bertz CT molecular complexity index is 4930. The molecule has 2 amide bonds. The summed E-state index contributed by atoms with van der Waals surface area (Å²) in [7, 11) is -3.99. The number of rotatable bonds is 30. The van der Waals surface area contributed by atoms with Crippen LogP contribution in [0.1, 0.15) is 179 Å². The summed E-state index contributed by atoms with van der Waals surface area (Å²) >= 11 is 0. The number of esters is 3. The predicted molar refractivity (Wildman–Crippen MR) is 454 cm³/mol. The molecule has 117 heavy (non-hydrogen) atoms. The number of hydrogen-bond acceptors (Lipinski definition) is 21. The van der Waals surface area contributed by atoms with Crippen molar-refractivity contribution in [2.75, 3.05) is 44.0 Å². The van der Waals surface area contributed by atoms with Crippen molar-refractivity contribution in [3.8, 4) is 5.75 Å². The number of alkyl carbamates (subject to hydrolysis) is 1. The number of hydrogen-bond donors (Lipinski definition) is 3. The van der Waals surface area contributed by atoms with Gasteiger partial charge < -0.3 is 62.9 Å². The minimum absolute atomic E-state index is 0.0243. The Kier molecular flexibility index (Phi) is 27.2. The van der Waals surface area contributed by atoms with E-state index in [4.69, 9.17) is 57.0 Å². The Morgan fingerprint density at radius 3 is 1.73 bits per heavy atom. The molecule has 3 aromatic heterocycles. The number of amides is 2. The molecule has 622 valence electrons. The van der Waals surface area contributed by atoms with Crippen LogP contribution >= 0.6 is 0 Å². The molecule has 4 unspecified atom stereocenters. The fourth-order valence-electron chi connectivity index (χ4n) is 13.8. The van der Waals surface area contributed by atoms with E-state index in [1.807, 2.05) is 134 Å². The number of fused-ring (bicyclic) bond motifs is 1. The van der Waals surface area contributed by atoms with Crippen LogP contribution in [-0.4, -0.2) is 162 Å². The second-order valence-electron chi connectivity index (χ2n) is 35.3. The van der Waals surface area contributed by atoms with Gasteiger partial charge in [-0.3, -0.25) is 13.9 Å². The lowest BCUT2D eigenvalue weighted by atomic mass is 9.77. The van der Waals surface area contributed by atoms with E-state index in [1.165, 1.54) is 10.9 Å². The number of carbonyl (C=O) groups excluding carboxylic acids is 5.